The summed E-state index contributed by atoms with van der Waals surface area (Å²) >= 11 is 0. The van der Waals surface area contributed by atoms with Gasteiger partial charge >= 0.3 is 6.09 Å². The van der Waals surface area contributed by atoms with E-state index in [1.807, 2.05) is 0 Å². The van der Waals surface area contributed by atoms with E-state index in [-0.39, 0.29) is 11.9 Å². The number of hydrogen-bond donors (Lipinski definition) is 2. The summed E-state index contributed by atoms with van der Waals surface area (Å²) in [7, 11) is 0. The molecule has 0 aliphatic carbocycles. The Balaban J connectivity index is 2.47. The minimum absolute atomic E-state index is 0.0194. The summed E-state index contributed by atoms with van der Waals surface area (Å²) in [5, 5.41) is 2.79. The lowest BCUT2D eigenvalue weighted by atomic mass is 10.0. The van der Waals surface area contributed by atoms with Crippen molar-refractivity contribution < 1.29 is 14.3 Å². The first-order valence-corrected chi connectivity index (χ1v) is 7.41. The number of carbonyl (C=O) groups is 2. The number of hydrogen-bond acceptors (Lipinski definition) is 4. The van der Waals surface area contributed by atoms with Crippen LogP contribution in [-0.2, 0) is 9.53 Å². The highest BCUT2D eigenvalue weighted by molar-refractivity contribution is 5.81. The van der Waals surface area contributed by atoms with E-state index in [9.17, 15) is 9.59 Å². The van der Waals surface area contributed by atoms with Gasteiger partial charge in [0.15, 0.2) is 0 Å². The SMILES string of the molecule is CCOC(=O)NC1CCCN(C(=O)[C@H](N)CC(C)C)C1. The number of rotatable bonds is 5. The van der Waals surface area contributed by atoms with Crippen molar-refractivity contribution in [2.24, 2.45) is 11.7 Å². The molecule has 0 radical (unpaired) electrons. The number of nitrogens with two attached hydrogens (primary N) is 1. The van der Waals surface area contributed by atoms with E-state index in [1.54, 1.807) is 11.8 Å². The standard InChI is InChI=1S/C14H27N3O3/c1-4-20-14(19)16-11-6-5-7-17(9-11)13(18)12(15)8-10(2)3/h10-12H,4-9,15H2,1-3H3,(H,16,19)/t11?,12-/m1/s1. The van der Waals surface area contributed by atoms with Gasteiger partial charge in [0.2, 0.25) is 5.91 Å². The van der Waals surface area contributed by atoms with Crippen LogP contribution in [0, 0.1) is 5.92 Å². The largest absolute Gasteiger partial charge is 0.450 e. The van der Waals surface area contributed by atoms with Gasteiger partial charge in [0.05, 0.1) is 12.6 Å². The van der Waals surface area contributed by atoms with Crippen LogP contribution in [0.1, 0.15) is 40.0 Å². The first kappa shape index (κ1) is 16.8. The van der Waals surface area contributed by atoms with Gasteiger partial charge in [0, 0.05) is 19.1 Å². The summed E-state index contributed by atoms with van der Waals surface area (Å²) in [6.07, 6.45) is 2.00. The number of likely N-dealkylation sites (tertiary alicyclic amines) is 1. The Hall–Kier alpha value is -1.30. The fourth-order valence-electron chi connectivity index (χ4n) is 2.48. The molecule has 1 unspecified atom stereocenters. The number of carbonyl (C=O) groups excluding carboxylic acids is 2. The molecule has 116 valence electrons. The molecule has 1 rings (SSSR count). The van der Waals surface area contributed by atoms with E-state index in [1.165, 1.54) is 0 Å². The maximum atomic E-state index is 12.2. The van der Waals surface area contributed by atoms with Crippen LogP contribution in [0.3, 0.4) is 0 Å². The highest BCUT2D eigenvalue weighted by Gasteiger charge is 2.28. The van der Waals surface area contributed by atoms with Gasteiger partial charge in [-0.15, -0.1) is 0 Å². The van der Waals surface area contributed by atoms with Gasteiger partial charge in [-0.1, -0.05) is 13.8 Å². The first-order valence-electron chi connectivity index (χ1n) is 7.41. The number of alkyl carbamates (subject to hydrolysis) is 1. The maximum Gasteiger partial charge on any atom is 0.407 e. The summed E-state index contributed by atoms with van der Waals surface area (Å²) in [6, 6.07) is -0.491. The van der Waals surface area contributed by atoms with E-state index < -0.39 is 12.1 Å². The molecule has 0 saturated carbocycles. The van der Waals surface area contributed by atoms with E-state index >= 15 is 0 Å². The van der Waals surface area contributed by atoms with Crippen molar-refractivity contribution in [1.29, 1.82) is 0 Å². The molecule has 1 aliphatic heterocycles. The summed E-state index contributed by atoms with van der Waals surface area (Å²) in [5.41, 5.74) is 5.94. The molecule has 20 heavy (non-hydrogen) atoms. The molecule has 6 nitrogen and oxygen atoms in total. The third kappa shape index (κ3) is 5.36. The molecule has 0 spiro atoms. The first-order chi connectivity index (χ1) is 9.43. The van der Waals surface area contributed by atoms with Crippen LogP contribution < -0.4 is 11.1 Å². The van der Waals surface area contributed by atoms with Crippen LogP contribution in [0.4, 0.5) is 4.79 Å². The number of ether oxygens (including phenoxy) is 1. The monoisotopic (exact) mass is 285 g/mol. The molecule has 1 fully saturated rings. The summed E-state index contributed by atoms with van der Waals surface area (Å²) in [4.78, 5) is 25.4. The zero-order valence-electron chi connectivity index (χ0n) is 12.7. The normalized spacial score (nSPS) is 20.6. The minimum atomic E-state index is -0.448. The average Bonchev–Trinajstić information content (AvgIpc) is 2.37. The molecule has 0 aromatic rings. The Morgan fingerprint density at radius 2 is 2.15 bits per heavy atom. The van der Waals surface area contributed by atoms with Crippen molar-refractivity contribution in [2.45, 2.75) is 52.1 Å². The molecule has 0 bridgehead atoms. The molecule has 0 aromatic heterocycles. The van der Waals surface area contributed by atoms with Crippen LogP contribution in [-0.4, -0.2) is 48.7 Å². The van der Waals surface area contributed by atoms with Gasteiger partial charge in [0.1, 0.15) is 0 Å². The van der Waals surface area contributed by atoms with Crippen LogP contribution in [0.15, 0.2) is 0 Å². The van der Waals surface area contributed by atoms with Crippen molar-refractivity contribution in [3.05, 3.63) is 0 Å². The van der Waals surface area contributed by atoms with Crippen molar-refractivity contribution in [1.82, 2.24) is 10.2 Å². The van der Waals surface area contributed by atoms with Gasteiger partial charge in [-0.2, -0.15) is 0 Å². The van der Waals surface area contributed by atoms with Crippen molar-refractivity contribution >= 4 is 12.0 Å². The van der Waals surface area contributed by atoms with Gasteiger partial charge in [0.25, 0.3) is 0 Å². The lowest BCUT2D eigenvalue weighted by Crippen LogP contribution is -2.53. The van der Waals surface area contributed by atoms with E-state index in [4.69, 9.17) is 10.5 Å². The predicted molar refractivity (Wildman–Crippen MR) is 77.2 cm³/mol. The number of piperidine rings is 1. The Bertz CT molecular complexity index is 334. The lowest BCUT2D eigenvalue weighted by molar-refractivity contribution is -0.134. The molecule has 1 aliphatic rings. The van der Waals surface area contributed by atoms with E-state index in [2.05, 4.69) is 19.2 Å². The van der Waals surface area contributed by atoms with Crippen LogP contribution in [0.25, 0.3) is 0 Å². The maximum absolute atomic E-state index is 12.2. The van der Waals surface area contributed by atoms with Crippen molar-refractivity contribution in [3.8, 4) is 0 Å². The van der Waals surface area contributed by atoms with Gasteiger partial charge in [-0.3, -0.25) is 4.79 Å². The summed E-state index contributed by atoms with van der Waals surface area (Å²) in [5.74, 6) is 0.376. The second kappa shape index (κ2) is 8.09. The molecule has 3 N–H and O–H groups in total. The van der Waals surface area contributed by atoms with E-state index in [0.29, 0.717) is 32.0 Å². The smallest absolute Gasteiger partial charge is 0.407 e. The third-order valence-corrected chi connectivity index (χ3v) is 3.37. The van der Waals surface area contributed by atoms with Gasteiger partial charge in [-0.25, -0.2) is 4.79 Å². The quantitative estimate of drug-likeness (QED) is 0.792. The van der Waals surface area contributed by atoms with Gasteiger partial charge < -0.3 is 20.7 Å². The van der Waals surface area contributed by atoms with Crippen molar-refractivity contribution in [2.75, 3.05) is 19.7 Å². The second-order valence-electron chi connectivity index (χ2n) is 5.72. The molecule has 6 heteroatoms. The number of amides is 2. The number of nitrogens with zero attached hydrogens (tertiary/aromatic N) is 1. The highest BCUT2D eigenvalue weighted by Crippen LogP contribution is 2.13. The van der Waals surface area contributed by atoms with E-state index in [0.717, 1.165) is 12.8 Å². The van der Waals surface area contributed by atoms with Crippen LogP contribution >= 0.6 is 0 Å². The zero-order valence-corrected chi connectivity index (χ0v) is 12.7. The molecule has 2 atom stereocenters. The topological polar surface area (TPSA) is 84.7 Å². The fraction of sp³-hybridized carbons (Fsp3) is 0.857. The Labute approximate surface area is 121 Å². The molecular weight excluding hydrogens is 258 g/mol. The summed E-state index contributed by atoms with van der Waals surface area (Å²) in [6.45, 7) is 7.44. The third-order valence-electron chi connectivity index (χ3n) is 3.37. The molecule has 1 heterocycles. The van der Waals surface area contributed by atoms with Gasteiger partial charge in [-0.05, 0) is 32.1 Å². The Kier molecular flexibility index (Phi) is 6.78. The Morgan fingerprint density at radius 1 is 1.45 bits per heavy atom. The lowest BCUT2D eigenvalue weighted by Gasteiger charge is -2.34. The Morgan fingerprint density at radius 3 is 2.75 bits per heavy atom. The highest BCUT2D eigenvalue weighted by atomic mass is 16.5. The van der Waals surface area contributed by atoms with Crippen LogP contribution in [0.5, 0.6) is 0 Å². The number of nitrogens with one attached hydrogen (secondary N) is 1. The second-order valence-corrected chi connectivity index (χ2v) is 5.72. The van der Waals surface area contributed by atoms with Crippen LogP contribution in [0.2, 0.25) is 0 Å². The predicted octanol–water partition coefficient (Wildman–Crippen LogP) is 1.10. The molecule has 0 aromatic carbocycles. The molecular formula is C14H27N3O3. The zero-order chi connectivity index (χ0) is 15.1. The fourth-order valence-corrected chi connectivity index (χ4v) is 2.48. The molecule has 1 saturated heterocycles. The average molecular weight is 285 g/mol. The summed E-state index contributed by atoms with van der Waals surface area (Å²) < 4.78 is 4.86. The van der Waals surface area contributed by atoms with Crippen molar-refractivity contribution in [3.63, 3.8) is 0 Å². The minimum Gasteiger partial charge on any atom is -0.450 e. The molecule has 2 amide bonds.